The Balaban J connectivity index is 2.32. The molecule has 0 fully saturated rings. The van der Waals surface area contributed by atoms with Gasteiger partial charge in [-0.3, -0.25) is 0 Å². The van der Waals surface area contributed by atoms with Gasteiger partial charge in [-0.05, 0) is 13.8 Å². The second-order valence-corrected chi connectivity index (χ2v) is 3.84. The van der Waals surface area contributed by atoms with E-state index in [9.17, 15) is 4.79 Å². The fourth-order valence-electron chi connectivity index (χ4n) is 1.44. The summed E-state index contributed by atoms with van der Waals surface area (Å²) < 4.78 is 5.10. The first-order chi connectivity index (χ1) is 8.18. The van der Waals surface area contributed by atoms with Gasteiger partial charge in [0.2, 0.25) is 0 Å². The minimum Gasteiger partial charge on any atom is -0.458 e. The largest absolute Gasteiger partial charge is 0.458 e. The van der Waals surface area contributed by atoms with Gasteiger partial charge in [0.05, 0.1) is 6.10 Å². The van der Waals surface area contributed by atoms with E-state index >= 15 is 0 Å². The van der Waals surface area contributed by atoms with Crippen LogP contribution in [0.1, 0.15) is 24.3 Å². The maximum atomic E-state index is 11.8. The van der Waals surface area contributed by atoms with Crippen molar-refractivity contribution in [3.63, 3.8) is 0 Å². The van der Waals surface area contributed by atoms with Crippen LogP contribution in [0.2, 0.25) is 0 Å². The van der Waals surface area contributed by atoms with Crippen LogP contribution in [0.3, 0.4) is 0 Å². The van der Waals surface area contributed by atoms with Crippen LogP contribution in [0.5, 0.6) is 0 Å². The summed E-state index contributed by atoms with van der Waals surface area (Å²) in [7, 11) is 0. The highest BCUT2D eigenvalue weighted by Gasteiger charge is 2.19. The van der Waals surface area contributed by atoms with E-state index < -0.39 is 5.97 Å². The number of hydrogen-bond acceptors (Lipinski definition) is 4. The molecule has 0 spiro atoms. The Kier molecular flexibility index (Phi) is 3.18. The molecular weight excluding hydrogens is 218 g/mol. The summed E-state index contributed by atoms with van der Waals surface area (Å²) in [5, 5.41) is 10.3. The van der Waals surface area contributed by atoms with Crippen LogP contribution < -0.4 is 0 Å². The summed E-state index contributed by atoms with van der Waals surface area (Å²) in [4.78, 5) is 11.8. The average molecular weight is 231 g/mol. The number of benzene rings is 1. The van der Waals surface area contributed by atoms with Crippen molar-refractivity contribution in [2.45, 2.75) is 20.0 Å². The molecule has 5 heteroatoms. The summed E-state index contributed by atoms with van der Waals surface area (Å²) in [5.74, 6) is -0.465. The van der Waals surface area contributed by atoms with E-state index in [0.29, 0.717) is 5.69 Å². The summed E-state index contributed by atoms with van der Waals surface area (Å²) >= 11 is 0. The molecule has 0 saturated heterocycles. The highest BCUT2D eigenvalue weighted by Crippen LogP contribution is 2.19. The second-order valence-electron chi connectivity index (χ2n) is 3.84. The minimum absolute atomic E-state index is 0.178. The Bertz CT molecular complexity index is 505. The third kappa shape index (κ3) is 2.50. The van der Waals surface area contributed by atoms with Crippen molar-refractivity contribution >= 4 is 5.97 Å². The lowest BCUT2D eigenvalue weighted by Crippen LogP contribution is -2.13. The number of carbonyl (C=O) groups excluding carboxylic acids is 1. The van der Waals surface area contributed by atoms with Gasteiger partial charge in [-0.15, -0.1) is 5.10 Å². The van der Waals surface area contributed by atoms with Crippen LogP contribution in [0, 0.1) is 0 Å². The summed E-state index contributed by atoms with van der Waals surface area (Å²) in [5.41, 5.74) is 1.55. The first-order valence-corrected chi connectivity index (χ1v) is 5.35. The van der Waals surface area contributed by atoms with E-state index in [1.807, 2.05) is 30.3 Å². The van der Waals surface area contributed by atoms with Gasteiger partial charge in [0, 0.05) is 5.56 Å². The number of H-pyrrole nitrogens is 1. The van der Waals surface area contributed by atoms with Gasteiger partial charge in [-0.2, -0.15) is 10.3 Å². The fourth-order valence-corrected chi connectivity index (χ4v) is 1.44. The molecule has 1 N–H and O–H groups in total. The molecule has 0 unspecified atom stereocenters. The number of aromatic nitrogens is 3. The van der Waals surface area contributed by atoms with Crippen LogP contribution in [-0.2, 0) is 4.74 Å². The molecule has 17 heavy (non-hydrogen) atoms. The lowest BCUT2D eigenvalue weighted by molar-refractivity contribution is 0.0372. The van der Waals surface area contributed by atoms with Gasteiger partial charge in [0.1, 0.15) is 5.69 Å². The highest BCUT2D eigenvalue weighted by molar-refractivity contribution is 5.93. The topological polar surface area (TPSA) is 67.9 Å². The number of rotatable bonds is 3. The maximum Gasteiger partial charge on any atom is 0.361 e. The number of carbonyl (C=O) groups is 1. The molecule has 0 aliphatic rings. The molecule has 88 valence electrons. The quantitative estimate of drug-likeness (QED) is 0.821. The zero-order valence-electron chi connectivity index (χ0n) is 9.68. The van der Waals surface area contributed by atoms with E-state index in [1.54, 1.807) is 13.8 Å². The van der Waals surface area contributed by atoms with Crippen LogP contribution >= 0.6 is 0 Å². The second kappa shape index (κ2) is 4.78. The highest BCUT2D eigenvalue weighted by atomic mass is 16.5. The number of ether oxygens (including phenoxy) is 1. The van der Waals surface area contributed by atoms with Crippen molar-refractivity contribution in [2.75, 3.05) is 0 Å². The minimum atomic E-state index is -0.465. The summed E-state index contributed by atoms with van der Waals surface area (Å²) in [6, 6.07) is 9.38. The number of esters is 1. The standard InChI is InChI=1S/C12H13N3O2/c1-8(2)17-12(16)11-10(13-15-14-11)9-6-4-3-5-7-9/h3-8H,1-2H3,(H,13,14,15). The van der Waals surface area contributed by atoms with Gasteiger partial charge in [0.15, 0.2) is 5.69 Å². The number of hydrogen-bond donors (Lipinski definition) is 1. The van der Waals surface area contributed by atoms with E-state index in [-0.39, 0.29) is 11.8 Å². The van der Waals surface area contributed by atoms with Crippen molar-refractivity contribution in [2.24, 2.45) is 0 Å². The van der Waals surface area contributed by atoms with Crippen molar-refractivity contribution in [1.82, 2.24) is 15.4 Å². The predicted octanol–water partition coefficient (Wildman–Crippen LogP) is 2.04. The van der Waals surface area contributed by atoms with Gasteiger partial charge in [-0.25, -0.2) is 4.79 Å². The van der Waals surface area contributed by atoms with Gasteiger partial charge < -0.3 is 4.74 Å². The van der Waals surface area contributed by atoms with Crippen LogP contribution in [0.15, 0.2) is 30.3 Å². The SMILES string of the molecule is CC(C)OC(=O)c1n[nH]nc1-c1ccccc1. The molecule has 0 aliphatic heterocycles. The van der Waals surface area contributed by atoms with Gasteiger partial charge in [-0.1, -0.05) is 30.3 Å². The maximum absolute atomic E-state index is 11.8. The molecule has 1 aromatic carbocycles. The fraction of sp³-hybridized carbons (Fsp3) is 0.250. The predicted molar refractivity (Wildman–Crippen MR) is 62.4 cm³/mol. The first-order valence-electron chi connectivity index (χ1n) is 5.35. The first kappa shape index (κ1) is 11.3. The molecule has 1 aromatic heterocycles. The molecule has 0 amide bonds. The molecule has 5 nitrogen and oxygen atoms in total. The molecule has 0 radical (unpaired) electrons. The molecule has 2 rings (SSSR count). The van der Waals surface area contributed by atoms with E-state index in [1.165, 1.54) is 0 Å². The van der Waals surface area contributed by atoms with Crippen molar-refractivity contribution < 1.29 is 9.53 Å². The Morgan fingerprint density at radius 3 is 2.59 bits per heavy atom. The molecule has 0 aliphatic carbocycles. The van der Waals surface area contributed by atoms with Gasteiger partial charge in [0.25, 0.3) is 0 Å². The Morgan fingerprint density at radius 2 is 1.94 bits per heavy atom. The molecule has 2 aromatic rings. The third-order valence-electron chi connectivity index (χ3n) is 2.13. The monoisotopic (exact) mass is 231 g/mol. The van der Waals surface area contributed by atoms with Crippen molar-refractivity contribution in [3.8, 4) is 11.3 Å². The Hall–Kier alpha value is -2.17. The van der Waals surface area contributed by atoms with Crippen LogP contribution in [0.25, 0.3) is 11.3 Å². The van der Waals surface area contributed by atoms with Crippen LogP contribution in [-0.4, -0.2) is 27.5 Å². The Morgan fingerprint density at radius 1 is 1.24 bits per heavy atom. The number of nitrogens with one attached hydrogen (secondary N) is 1. The van der Waals surface area contributed by atoms with Crippen LogP contribution in [0.4, 0.5) is 0 Å². The number of nitrogens with zero attached hydrogens (tertiary/aromatic N) is 2. The number of aromatic amines is 1. The van der Waals surface area contributed by atoms with Gasteiger partial charge >= 0.3 is 5.97 Å². The van der Waals surface area contributed by atoms with E-state index in [0.717, 1.165) is 5.56 Å². The van der Waals surface area contributed by atoms with E-state index in [4.69, 9.17) is 4.74 Å². The van der Waals surface area contributed by atoms with E-state index in [2.05, 4.69) is 15.4 Å². The molecular formula is C12H13N3O2. The lowest BCUT2D eigenvalue weighted by Gasteiger charge is -2.06. The zero-order chi connectivity index (χ0) is 12.3. The molecule has 0 bridgehead atoms. The normalized spacial score (nSPS) is 10.5. The lowest BCUT2D eigenvalue weighted by atomic mass is 10.1. The molecule has 0 atom stereocenters. The summed E-state index contributed by atoms with van der Waals surface area (Å²) in [6.45, 7) is 3.58. The third-order valence-corrected chi connectivity index (χ3v) is 2.13. The molecule has 0 saturated carbocycles. The van der Waals surface area contributed by atoms with Crippen molar-refractivity contribution in [3.05, 3.63) is 36.0 Å². The summed E-state index contributed by atoms with van der Waals surface area (Å²) in [6.07, 6.45) is -0.178. The smallest absolute Gasteiger partial charge is 0.361 e. The zero-order valence-corrected chi connectivity index (χ0v) is 9.68. The average Bonchev–Trinajstić information content (AvgIpc) is 2.78. The Labute approximate surface area is 98.8 Å². The molecule has 1 heterocycles. The van der Waals surface area contributed by atoms with Crippen molar-refractivity contribution in [1.29, 1.82) is 0 Å².